The number of rotatable bonds is 5. The summed E-state index contributed by atoms with van der Waals surface area (Å²) in [7, 11) is 0. The van der Waals surface area contributed by atoms with Gasteiger partial charge in [-0.3, -0.25) is 0 Å². The van der Waals surface area contributed by atoms with Gasteiger partial charge in [0, 0.05) is 33.1 Å². The summed E-state index contributed by atoms with van der Waals surface area (Å²) in [5, 5.41) is 4.42. The van der Waals surface area contributed by atoms with E-state index in [1.54, 1.807) is 0 Å². The van der Waals surface area contributed by atoms with E-state index in [1.807, 2.05) is 18.2 Å². The van der Waals surface area contributed by atoms with Crippen molar-refractivity contribution in [3.63, 3.8) is 0 Å². The molecule has 2 aromatic heterocycles. The third kappa shape index (κ3) is 4.13. The summed E-state index contributed by atoms with van der Waals surface area (Å²) >= 11 is 0. The van der Waals surface area contributed by atoms with Gasteiger partial charge in [0.05, 0.1) is 11.1 Å². The third-order valence-corrected chi connectivity index (χ3v) is 8.68. The fourth-order valence-corrected chi connectivity index (χ4v) is 6.65. The molecule has 0 amide bonds. The largest absolute Gasteiger partial charge is 0.456 e. The molecule has 3 heteroatoms. The van der Waals surface area contributed by atoms with Crippen LogP contribution in [0.1, 0.15) is 0 Å². The van der Waals surface area contributed by atoms with Gasteiger partial charge in [-0.2, -0.15) is 0 Å². The molecule has 3 nitrogen and oxygen atoms in total. The number of hydrogen-bond acceptors (Lipinski definition) is 3. The molecular formula is C42H27NO2. The Morgan fingerprint density at radius 2 is 0.956 bits per heavy atom. The standard InChI is InChI=1S/C42H27NO2/c1-3-13-29(14-4-1)43(30-15-5-2-6-16-30)37-26-25-35(42-41(37)36-20-10-12-22-39(36)45-42)32-18-8-7-17-31(32)28-23-24-34-33-19-9-11-21-38(33)44-40(34)27-28/h1-27H. The Morgan fingerprint density at radius 1 is 0.378 bits per heavy atom. The van der Waals surface area contributed by atoms with Crippen LogP contribution in [-0.2, 0) is 0 Å². The van der Waals surface area contributed by atoms with E-state index in [0.717, 1.165) is 83.2 Å². The highest BCUT2D eigenvalue weighted by Gasteiger charge is 2.23. The Bertz CT molecular complexity index is 2450. The fraction of sp³-hybridized carbons (Fsp3) is 0. The van der Waals surface area contributed by atoms with Crippen LogP contribution < -0.4 is 4.90 Å². The number of para-hydroxylation sites is 4. The third-order valence-electron chi connectivity index (χ3n) is 8.68. The fourth-order valence-electron chi connectivity index (χ4n) is 6.65. The lowest BCUT2D eigenvalue weighted by Gasteiger charge is -2.26. The van der Waals surface area contributed by atoms with Crippen LogP contribution in [0.2, 0.25) is 0 Å². The molecule has 9 aromatic rings. The Hall–Kier alpha value is -6.06. The lowest BCUT2D eigenvalue weighted by molar-refractivity contribution is 0.669. The van der Waals surface area contributed by atoms with E-state index in [1.165, 1.54) is 0 Å². The Morgan fingerprint density at radius 3 is 1.69 bits per heavy atom. The lowest BCUT2D eigenvalue weighted by Crippen LogP contribution is -2.10. The molecule has 2 heterocycles. The number of nitrogens with zero attached hydrogens (tertiary/aromatic N) is 1. The maximum Gasteiger partial charge on any atom is 0.145 e. The molecule has 9 rings (SSSR count). The van der Waals surface area contributed by atoms with Gasteiger partial charge in [0.2, 0.25) is 0 Å². The van der Waals surface area contributed by atoms with E-state index in [0.29, 0.717) is 0 Å². The molecule has 0 aliphatic carbocycles. The van der Waals surface area contributed by atoms with Crippen molar-refractivity contribution in [2.45, 2.75) is 0 Å². The van der Waals surface area contributed by atoms with Crippen molar-refractivity contribution < 1.29 is 8.83 Å². The molecule has 0 N–H and O–H groups in total. The highest BCUT2D eigenvalue weighted by molar-refractivity contribution is 6.18. The van der Waals surface area contributed by atoms with Crippen molar-refractivity contribution in [2.24, 2.45) is 0 Å². The van der Waals surface area contributed by atoms with Gasteiger partial charge < -0.3 is 13.7 Å². The first-order valence-corrected chi connectivity index (χ1v) is 15.2. The van der Waals surface area contributed by atoms with E-state index in [4.69, 9.17) is 8.83 Å². The van der Waals surface area contributed by atoms with Gasteiger partial charge >= 0.3 is 0 Å². The molecule has 0 aliphatic rings. The summed E-state index contributed by atoms with van der Waals surface area (Å²) in [5.74, 6) is 0. The number of hydrogen-bond donors (Lipinski definition) is 0. The van der Waals surface area contributed by atoms with Crippen molar-refractivity contribution >= 4 is 60.9 Å². The van der Waals surface area contributed by atoms with Crippen LogP contribution in [0.5, 0.6) is 0 Å². The summed E-state index contributed by atoms with van der Waals surface area (Å²) < 4.78 is 13.0. The number of furan rings is 2. The number of fused-ring (bicyclic) bond motifs is 6. The summed E-state index contributed by atoms with van der Waals surface area (Å²) in [4.78, 5) is 2.31. The summed E-state index contributed by atoms with van der Waals surface area (Å²) in [6.45, 7) is 0. The molecular weight excluding hydrogens is 550 g/mol. The number of benzene rings is 7. The molecule has 0 saturated heterocycles. The second-order valence-corrected chi connectivity index (χ2v) is 11.3. The molecule has 0 spiro atoms. The van der Waals surface area contributed by atoms with Crippen LogP contribution in [0, 0.1) is 0 Å². The predicted molar refractivity (Wildman–Crippen MR) is 187 cm³/mol. The zero-order chi connectivity index (χ0) is 29.7. The highest BCUT2D eigenvalue weighted by atomic mass is 16.3. The van der Waals surface area contributed by atoms with Gasteiger partial charge in [-0.15, -0.1) is 0 Å². The maximum absolute atomic E-state index is 6.76. The van der Waals surface area contributed by atoms with Crippen LogP contribution in [0.4, 0.5) is 17.1 Å². The van der Waals surface area contributed by atoms with Gasteiger partial charge in [-0.05, 0) is 77.4 Å². The minimum Gasteiger partial charge on any atom is -0.456 e. The van der Waals surface area contributed by atoms with Gasteiger partial charge in [-0.25, -0.2) is 0 Å². The average molecular weight is 578 g/mol. The van der Waals surface area contributed by atoms with Crippen LogP contribution in [0.3, 0.4) is 0 Å². The summed E-state index contributed by atoms with van der Waals surface area (Å²) in [6, 6.07) is 57.1. The van der Waals surface area contributed by atoms with Crippen molar-refractivity contribution in [1.82, 2.24) is 0 Å². The predicted octanol–water partition coefficient (Wildman–Crippen LogP) is 12.3. The van der Waals surface area contributed by atoms with E-state index < -0.39 is 0 Å². The zero-order valence-corrected chi connectivity index (χ0v) is 24.4. The second kappa shape index (κ2) is 10.3. The Labute approximate surface area is 260 Å². The molecule has 0 atom stereocenters. The SMILES string of the molecule is c1ccc(N(c2ccccc2)c2ccc(-c3ccccc3-c3ccc4c(c3)oc3ccccc34)c3oc4ccccc4c23)cc1. The normalized spacial score (nSPS) is 11.6. The lowest BCUT2D eigenvalue weighted by atomic mass is 9.92. The molecule has 0 saturated carbocycles. The second-order valence-electron chi connectivity index (χ2n) is 11.3. The van der Waals surface area contributed by atoms with Crippen LogP contribution in [0.15, 0.2) is 173 Å². The molecule has 0 fully saturated rings. The van der Waals surface area contributed by atoms with Crippen molar-refractivity contribution in [3.05, 3.63) is 164 Å². The molecule has 212 valence electrons. The minimum absolute atomic E-state index is 0.864. The molecule has 45 heavy (non-hydrogen) atoms. The van der Waals surface area contributed by atoms with E-state index in [9.17, 15) is 0 Å². The van der Waals surface area contributed by atoms with E-state index >= 15 is 0 Å². The first kappa shape index (κ1) is 25.4. The molecule has 0 radical (unpaired) electrons. The first-order valence-electron chi connectivity index (χ1n) is 15.2. The average Bonchev–Trinajstić information content (AvgIpc) is 3.68. The summed E-state index contributed by atoms with van der Waals surface area (Å²) in [5.41, 5.74) is 11.1. The molecule has 7 aromatic carbocycles. The molecule has 0 aliphatic heterocycles. The Balaban J connectivity index is 1.29. The van der Waals surface area contributed by atoms with E-state index in [2.05, 4.69) is 150 Å². The molecule has 0 unspecified atom stereocenters. The van der Waals surface area contributed by atoms with Gasteiger partial charge in [-0.1, -0.05) is 103 Å². The number of anilines is 3. The van der Waals surface area contributed by atoms with E-state index in [-0.39, 0.29) is 0 Å². The van der Waals surface area contributed by atoms with Crippen LogP contribution in [0.25, 0.3) is 66.1 Å². The minimum atomic E-state index is 0.864. The monoisotopic (exact) mass is 577 g/mol. The van der Waals surface area contributed by atoms with Crippen LogP contribution >= 0.6 is 0 Å². The van der Waals surface area contributed by atoms with Gasteiger partial charge in [0.25, 0.3) is 0 Å². The summed E-state index contributed by atoms with van der Waals surface area (Å²) in [6.07, 6.45) is 0. The highest BCUT2D eigenvalue weighted by Crippen LogP contribution is 2.47. The smallest absolute Gasteiger partial charge is 0.145 e. The van der Waals surface area contributed by atoms with Gasteiger partial charge in [0.1, 0.15) is 22.3 Å². The maximum atomic E-state index is 6.76. The Kier molecular flexibility index (Phi) is 5.82. The van der Waals surface area contributed by atoms with Crippen molar-refractivity contribution in [2.75, 3.05) is 4.90 Å². The zero-order valence-electron chi connectivity index (χ0n) is 24.4. The van der Waals surface area contributed by atoms with Crippen LogP contribution in [-0.4, -0.2) is 0 Å². The van der Waals surface area contributed by atoms with Gasteiger partial charge in [0.15, 0.2) is 0 Å². The van der Waals surface area contributed by atoms with Crippen molar-refractivity contribution in [1.29, 1.82) is 0 Å². The topological polar surface area (TPSA) is 29.5 Å². The van der Waals surface area contributed by atoms with Crippen molar-refractivity contribution in [3.8, 4) is 22.3 Å². The quantitative estimate of drug-likeness (QED) is 0.204. The molecule has 0 bridgehead atoms. The first-order chi connectivity index (χ1) is 22.3.